The van der Waals surface area contributed by atoms with Crippen LogP contribution in [0.1, 0.15) is 17.0 Å². The molecule has 0 aliphatic heterocycles. The molecule has 0 fully saturated rings. The molecule has 0 unspecified atom stereocenters. The molecule has 0 saturated heterocycles. The third-order valence-electron chi connectivity index (χ3n) is 4.99. The molecule has 4 rings (SSSR count). The van der Waals surface area contributed by atoms with Crippen molar-refractivity contribution in [3.05, 3.63) is 59.7 Å². The fourth-order valence-electron chi connectivity index (χ4n) is 3.11. The van der Waals surface area contributed by atoms with E-state index in [9.17, 15) is 4.79 Å². The molecule has 1 amide bonds. The summed E-state index contributed by atoms with van der Waals surface area (Å²) in [5.74, 6) is 3.15. The molecule has 0 aliphatic carbocycles. The van der Waals surface area contributed by atoms with Crippen LogP contribution in [0.3, 0.4) is 0 Å². The molecule has 1 aromatic carbocycles. The van der Waals surface area contributed by atoms with Gasteiger partial charge in [0.05, 0.1) is 32.4 Å². The Bertz CT molecular complexity index is 1270. The highest BCUT2D eigenvalue weighted by molar-refractivity contribution is 5.91. The van der Waals surface area contributed by atoms with E-state index in [1.807, 2.05) is 13.0 Å². The minimum absolute atomic E-state index is 0.0980. The van der Waals surface area contributed by atoms with Crippen LogP contribution < -0.4 is 19.5 Å². The standard InChI is InChI=1S/C23H22N4O5/c1-13-14(2)32-27-23(13)26-22(28)9-15-5-6-16(12-25-15)31-19-7-8-24-18-11-21(30-4)20(29-3)10-17(18)19/h5-8,10-12H,9H2,1-4H3,(H,26,27,28). The van der Waals surface area contributed by atoms with Crippen LogP contribution in [0.25, 0.3) is 10.9 Å². The van der Waals surface area contributed by atoms with Gasteiger partial charge in [-0.25, -0.2) is 0 Å². The van der Waals surface area contributed by atoms with Crippen molar-refractivity contribution in [2.45, 2.75) is 20.3 Å². The summed E-state index contributed by atoms with van der Waals surface area (Å²) in [6.07, 6.45) is 3.32. The number of pyridine rings is 2. The number of aryl methyl sites for hydroxylation is 1. The van der Waals surface area contributed by atoms with Gasteiger partial charge in [0.2, 0.25) is 5.91 Å². The van der Waals surface area contributed by atoms with E-state index in [0.29, 0.717) is 45.8 Å². The van der Waals surface area contributed by atoms with E-state index in [-0.39, 0.29) is 12.3 Å². The number of nitrogens with one attached hydrogen (secondary N) is 1. The molecule has 0 radical (unpaired) electrons. The van der Waals surface area contributed by atoms with Crippen molar-refractivity contribution < 1.29 is 23.5 Å². The molecule has 0 spiro atoms. The average molecular weight is 434 g/mol. The molecule has 3 heterocycles. The van der Waals surface area contributed by atoms with Gasteiger partial charge in [-0.05, 0) is 38.1 Å². The predicted octanol–water partition coefficient (Wildman–Crippen LogP) is 4.23. The number of amides is 1. The van der Waals surface area contributed by atoms with Crippen LogP contribution in [-0.4, -0.2) is 35.3 Å². The number of methoxy groups -OCH3 is 2. The zero-order chi connectivity index (χ0) is 22.7. The Kier molecular flexibility index (Phi) is 5.89. The van der Waals surface area contributed by atoms with Gasteiger partial charge in [-0.1, -0.05) is 5.16 Å². The third-order valence-corrected chi connectivity index (χ3v) is 4.99. The highest BCUT2D eigenvalue weighted by atomic mass is 16.5. The van der Waals surface area contributed by atoms with Crippen molar-refractivity contribution in [1.29, 1.82) is 0 Å². The summed E-state index contributed by atoms with van der Waals surface area (Å²) in [6.45, 7) is 3.62. The van der Waals surface area contributed by atoms with Crippen LogP contribution in [0, 0.1) is 13.8 Å². The lowest BCUT2D eigenvalue weighted by atomic mass is 10.2. The number of carbonyl (C=O) groups is 1. The van der Waals surface area contributed by atoms with Crippen molar-refractivity contribution in [3.63, 3.8) is 0 Å². The molecule has 0 aliphatic rings. The SMILES string of the molecule is COc1cc2nccc(Oc3ccc(CC(=O)Nc4noc(C)c4C)nc3)c2cc1OC. The summed E-state index contributed by atoms with van der Waals surface area (Å²) in [5, 5.41) is 7.34. The van der Waals surface area contributed by atoms with Crippen molar-refractivity contribution in [2.24, 2.45) is 0 Å². The minimum atomic E-state index is -0.233. The molecular weight excluding hydrogens is 412 g/mol. The fraction of sp³-hybridized carbons (Fsp3) is 0.217. The minimum Gasteiger partial charge on any atom is -0.493 e. The molecule has 0 bridgehead atoms. The number of benzene rings is 1. The Morgan fingerprint density at radius 2 is 1.81 bits per heavy atom. The lowest BCUT2D eigenvalue weighted by molar-refractivity contribution is -0.115. The smallest absolute Gasteiger partial charge is 0.231 e. The summed E-state index contributed by atoms with van der Waals surface area (Å²) in [4.78, 5) is 21.0. The highest BCUT2D eigenvalue weighted by Gasteiger charge is 2.14. The maximum atomic E-state index is 12.3. The van der Waals surface area contributed by atoms with Crippen molar-refractivity contribution >= 4 is 22.6 Å². The van der Waals surface area contributed by atoms with Gasteiger partial charge in [-0.3, -0.25) is 14.8 Å². The monoisotopic (exact) mass is 434 g/mol. The van der Waals surface area contributed by atoms with Crippen LogP contribution in [0.2, 0.25) is 0 Å². The van der Waals surface area contributed by atoms with Crippen LogP contribution in [0.5, 0.6) is 23.0 Å². The number of nitrogens with zero attached hydrogens (tertiary/aromatic N) is 3. The molecule has 4 aromatic rings. The number of hydrogen-bond acceptors (Lipinski definition) is 8. The van der Waals surface area contributed by atoms with E-state index in [0.717, 1.165) is 10.9 Å². The molecule has 0 saturated carbocycles. The lowest BCUT2D eigenvalue weighted by Gasteiger charge is -2.12. The van der Waals surface area contributed by atoms with E-state index in [1.165, 1.54) is 0 Å². The van der Waals surface area contributed by atoms with Gasteiger partial charge >= 0.3 is 0 Å². The highest BCUT2D eigenvalue weighted by Crippen LogP contribution is 2.36. The molecule has 3 aromatic heterocycles. The van der Waals surface area contributed by atoms with E-state index in [4.69, 9.17) is 18.7 Å². The van der Waals surface area contributed by atoms with Gasteiger partial charge in [-0.15, -0.1) is 0 Å². The van der Waals surface area contributed by atoms with Crippen LogP contribution in [0.15, 0.2) is 47.2 Å². The second-order valence-corrected chi connectivity index (χ2v) is 7.06. The van der Waals surface area contributed by atoms with Crippen LogP contribution >= 0.6 is 0 Å². The quantitative estimate of drug-likeness (QED) is 0.460. The van der Waals surface area contributed by atoms with E-state index in [2.05, 4.69) is 20.4 Å². The van der Waals surface area contributed by atoms with Crippen molar-refractivity contribution in [1.82, 2.24) is 15.1 Å². The molecule has 9 heteroatoms. The van der Waals surface area contributed by atoms with Crippen molar-refractivity contribution in [2.75, 3.05) is 19.5 Å². The maximum Gasteiger partial charge on any atom is 0.231 e. The molecule has 0 atom stereocenters. The van der Waals surface area contributed by atoms with Gasteiger partial charge in [-0.2, -0.15) is 0 Å². The largest absolute Gasteiger partial charge is 0.493 e. The molecule has 1 N–H and O–H groups in total. The first-order chi connectivity index (χ1) is 15.5. The first kappa shape index (κ1) is 21.1. The Hall–Kier alpha value is -4.14. The molecule has 9 nitrogen and oxygen atoms in total. The zero-order valence-electron chi connectivity index (χ0n) is 18.1. The van der Waals surface area contributed by atoms with Gasteiger partial charge in [0.25, 0.3) is 0 Å². The number of aromatic nitrogens is 3. The van der Waals surface area contributed by atoms with Gasteiger partial charge < -0.3 is 24.1 Å². The first-order valence-corrected chi connectivity index (χ1v) is 9.84. The summed E-state index contributed by atoms with van der Waals surface area (Å²) in [6, 6.07) is 8.87. The van der Waals surface area contributed by atoms with Gasteiger partial charge in [0.1, 0.15) is 17.3 Å². The summed E-state index contributed by atoms with van der Waals surface area (Å²) < 4.78 is 21.8. The zero-order valence-corrected chi connectivity index (χ0v) is 18.1. The van der Waals surface area contributed by atoms with Gasteiger partial charge in [0, 0.05) is 28.9 Å². The molecule has 164 valence electrons. The Balaban J connectivity index is 1.48. The fourth-order valence-corrected chi connectivity index (χ4v) is 3.11. The molecular formula is C23H22N4O5. The Labute approximate surface area is 184 Å². The normalized spacial score (nSPS) is 10.8. The predicted molar refractivity (Wildman–Crippen MR) is 117 cm³/mol. The maximum absolute atomic E-state index is 12.3. The van der Waals surface area contributed by atoms with E-state index in [1.54, 1.807) is 57.8 Å². The number of carbonyl (C=O) groups excluding carboxylic acids is 1. The van der Waals surface area contributed by atoms with Crippen LogP contribution in [0.4, 0.5) is 5.82 Å². The summed E-state index contributed by atoms with van der Waals surface area (Å²) >= 11 is 0. The number of anilines is 1. The summed E-state index contributed by atoms with van der Waals surface area (Å²) in [7, 11) is 3.15. The Morgan fingerprint density at radius 1 is 1.03 bits per heavy atom. The van der Waals surface area contributed by atoms with E-state index < -0.39 is 0 Å². The topological polar surface area (TPSA) is 109 Å². The van der Waals surface area contributed by atoms with Crippen molar-refractivity contribution in [3.8, 4) is 23.0 Å². The average Bonchev–Trinajstić information content (AvgIpc) is 3.11. The van der Waals surface area contributed by atoms with E-state index >= 15 is 0 Å². The number of rotatable bonds is 7. The second-order valence-electron chi connectivity index (χ2n) is 7.06. The number of hydrogen-bond donors (Lipinski definition) is 1. The van der Waals surface area contributed by atoms with Crippen LogP contribution in [-0.2, 0) is 11.2 Å². The summed E-state index contributed by atoms with van der Waals surface area (Å²) in [5.41, 5.74) is 2.10. The number of ether oxygens (including phenoxy) is 3. The van der Waals surface area contributed by atoms with Gasteiger partial charge in [0.15, 0.2) is 17.3 Å². The number of fused-ring (bicyclic) bond motifs is 1. The lowest BCUT2D eigenvalue weighted by Crippen LogP contribution is -2.16. The first-order valence-electron chi connectivity index (χ1n) is 9.84. The Morgan fingerprint density at radius 3 is 2.47 bits per heavy atom. The second kappa shape index (κ2) is 8.93. The molecule has 32 heavy (non-hydrogen) atoms. The third kappa shape index (κ3) is 4.31.